The highest BCUT2D eigenvalue weighted by molar-refractivity contribution is 5.90. The summed E-state index contributed by atoms with van der Waals surface area (Å²) in [6, 6.07) is 17.7. The number of carbonyl (C=O) groups is 1. The maximum atomic E-state index is 12.4. The predicted octanol–water partition coefficient (Wildman–Crippen LogP) is 4.99. The van der Waals surface area contributed by atoms with Crippen molar-refractivity contribution in [3.63, 3.8) is 0 Å². The topological polar surface area (TPSA) is 55.3 Å². The summed E-state index contributed by atoms with van der Waals surface area (Å²) in [4.78, 5) is 12.4. The Bertz CT molecular complexity index is 958. The van der Waals surface area contributed by atoms with Crippen molar-refractivity contribution in [1.82, 2.24) is 9.88 Å². The van der Waals surface area contributed by atoms with E-state index in [2.05, 4.69) is 42.0 Å². The van der Waals surface area contributed by atoms with Gasteiger partial charge in [0.2, 0.25) is 0 Å². The molecule has 3 aromatic rings. The van der Waals surface area contributed by atoms with Gasteiger partial charge in [0.1, 0.15) is 5.75 Å². The van der Waals surface area contributed by atoms with Gasteiger partial charge in [-0.25, -0.2) is 4.79 Å². The average molecular weight is 377 g/mol. The number of hydrogen-bond acceptors (Lipinski definition) is 2. The Hall–Kier alpha value is -3.21. The molecule has 0 unspecified atom stereocenters. The molecule has 0 bridgehead atoms. The number of ether oxygens (including phenoxy) is 1. The number of amides is 2. The monoisotopic (exact) mass is 377 g/mol. The van der Waals surface area contributed by atoms with Crippen LogP contribution in [0.3, 0.4) is 0 Å². The third kappa shape index (κ3) is 4.19. The molecular weight excluding hydrogens is 350 g/mol. The lowest BCUT2D eigenvalue weighted by molar-refractivity contribution is 0.251. The SMILES string of the molecule is CCc1ccccc1NC(=O)NCc1cc(C)n(-c2ccc(OC)cc2)c1C. The standard InChI is InChI=1S/C23H27N3O2/c1-5-18-8-6-7-9-22(18)25-23(27)24-15-19-14-16(2)26(17(19)3)20-10-12-21(28-4)13-11-20/h6-14H,5,15H2,1-4H3,(H2,24,25,27). The Morgan fingerprint density at radius 2 is 1.75 bits per heavy atom. The van der Waals surface area contributed by atoms with E-state index in [4.69, 9.17) is 4.74 Å². The van der Waals surface area contributed by atoms with E-state index in [9.17, 15) is 4.79 Å². The molecule has 146 valence electrons. The molecule has 0 radical (unpaired) electrons. The van der Waals surface area contributed by atoms with Crippen molar-refractivity contribution in [2.75, 3.05) is 12.4 Å². The number of anilines is 1. The van der Waals surface area contributed by atoms with Crippen LogP contribution in [0.4, 0.5) is 10.5 Å². The van der Waals surface area contributed by atoms with Gasteiger partial charge in [-0.1, -0.05) is 25.1 Å². The Morgan fingerprint density at radius 1 is 1.04 bits per heavy atom. The van der Waals surface area contributed by atoms with Gasteiger partial charge in [-0.15, -0.1) is 0 Å². The van der Waals surface area contributed by atoms with Crippen molar-refractivity contribution in [3.05, 3.63) is 77.1 Å². The minimum Gasteiger partial charge on any atom is -0.497 e. The molecule has 0 saturated heterocycles. The molecule has 1 aromatic heterocycles. The van der Waals surface area contributed by atoms with E-state index in [0.717, 1.165) is 46.1 Å². The van der Waals surface area contributed by atoms with E-state index in [1.165, 1.54) is 0 Å². The van der Waals surface area contributed by atoms with Crippen LogP contribution in [-0.4, -0.2) is 17.7 Å². The maximum Gasteiger partial charge on any atom is 0.319 e. The number of para-hydroxylation sites is 1. The molecule has 0 saturated carbocycles. The first kappa shape index (κ1) is 19.5. The first-order chi connectivity index (χ1) is 13.5. The van der Waals surface area contributed by atoms with Crippen LogP contribution in [0.5, 0.6) is 5.75 Å². The molecule has 5 heteroatoms. The number of nitrogens with zero attached hydrogens (tertiary/aromatic N) is 1. The second-order valence-corrected chi connectivity index (χ2v) is 6.75. The molecule has 28 heavy (non-hydrogen) atoms. The zero-order valence-corrected chi connectivity index (χ0v) is 16.9. The molecule has 0 fully saturated rings. The Balaban J connectivity index is 1.70. The summed E-state index contributed by atoms with van der Waals surface area (Å²) in [6.07, 6.45) is 0.874. The third-order valence-electron chi connectivity index (χ3n) is 4.95. The van der Waals surface area contributed by atoms with Crippen molar-refractivity contribution in [1.29, 1.82) is 0 Å². The van der Waals surface area contributed by atoms with Gasteiger partial charge in [0.15, 0.2) is 0 Å². The quantitative estimate of drug-likeness (QED) is 0.636. The molecule has 0 aliphatic heterocycles. The van der Waals surface area contributed by atoms with Gasteiger partial charge >= 0.3 is 6.03 Å². The molecule has 1 heterocycles. The van der Waals surface area contributed by atoms with Crippen LogP contribution in [0.1, 0.15) is 29.4 Å². The lowest BCUT2D eigenvalue weighted by Gasteiger charge is -2.12. The van der Waals surface area contributed by atoms with E-state index in [1.807, 2.05) is 48.5 Å². The van der Waals surface area contributed by atoms with E-state index < -0.39 is 0 Å². The second kappa shape index (κ2) is 8.65. The number of aryl methyl sites for hydroxylation is 2. The molecule has 0 spiro atoms. The first-order valence-electron chi connectivity index (χ1n) is 9.48. The van der Waals surface area contributed by atoms with Gasteiger partial charge < -0.3 is 19.9 Å². The lowest BCUT2D eigenvalue weighted by atomic mass is 10.1. The number of methoxy groups -OCH3 is 1. The highest BCUT2D eigenvalue weighted by Crippen LogP contribution is 2.23. The molecule has 2 N–H and O–H groups in total. The van der Waals surface area contributed by atoms with E-state index in [-0.39, 0.29) is 6.03 Å². The zero-order valence-electron chi connectivity index (χ0n) is 16.9. The minimum atomic E-state index is -0.199. The summed E-state index contributed by atoms with van der Waals surface area (Å²) >= 11 is 0. The molecule has 2 amide bonds. The van der Waals surface area contributed by atoms with Crippen LogP contribution in [0.15, 0.2) is 54.6 Å². The fourth-order valence-electron chi connectivity index (χ4n) is 3.43. The molecule has 0 aliphatic rings. The highest BCUT2D eigenvalue weighted by Gasteiger charge is 2.12. The van der Waals surface area contributed by atoms with Gasteiger partial charge in [-0.05, 0) is 67.8 Å². The fraction of sp³-hybridized carbons (Fsp3) is 0.261. The number of aromatic nitrogens is 1. The number of carbonyl (C=O) groups excluding carboxylic acids is 1. The van der Waals surface area contributed by atoms with Crippen molar-refractivity contribution in [2.45, 2.75) is 33.7 Å². The number of urea groups is 1. The third-order valence-corrected chi connectivity index (χ3v) is 4.95. The number of benzene rings is 2. The van der Waals surface area contributed by atoms with Crippen molar-refractivity contribution in [2.24, 2.45) is 0 Å². The number of rotatable bonds is 6. The van der Waals surface area contributed by atoms with Gasteiger partial charge in [-0.3, -0.25) is 0 Å². The highest BCUT2D eigenvalue weighted by atomic mass is 16.5. The number of hydrogen-bond donors (Lipinski definition) is 2. The van der Waals surface area contributed by atoms with Crippen LogP contribution >= 0.6 is 0 Å². The van der Waals surface area contributed by atoms with Gasteiger partial charge in [0.25, 0.3) is 0 Å². The fourth-order valence-corrected chi connectivity index (χ4v) is 3.43. The largest absolute Gasteiger partial charge is 0.497 e. The minimum absolute atomic E-state index is 0.199. The van der Waals surface area contributed by atoms with Crippen LogP contribution in [0.2, 0.25) is 0 Å². The van der Waals surface area contributed by atoms with E-state index in [0.29, 0.717) is 6.54 Å². The Morgan fingerprint density at radius 3 is 2.43 bits per heavy atom. The molecule has 2 aromatic carbocycles. The molecule has 5 nitrogen and oxygen atoms in total. The summed E-state index contributed by atoms with van der Waals surface area (Å²) in [7, 11) is 1.66. The Labute approximate surface area is 166 Å². The first-order valence-corrected chi connectivity index (χ1v) is 9.48. The summed E-state index contributed by atoms with van der Waals surface area (Å²) in [5.74, 6) is 0.831. The molecule has 0 atom stereocenters. The van der Waals surface area contributed by atoms with Crippen LogP contribution in [0, 0.1) is 13.8 Å². The van der Waals surface area contributed by atoms with Crippen molar-refractivity contribution in [3.8, 4) is 11.4 Å². The lowest BCUT2D eigenvalue weighted by Crippen LogP contribution is -2.28. The summed E-state index contributed by atoms with van der Waals surface area (Å²) in [5, 5.41) is 5.91. The predicted molar refractivity (Wildman–Crippen MR) is 113 cm³/mol. The van der Waals surface area contributed by atoms with E-state index in [1.54, 1.807) is 7.11 Å². The summed E-state index contributed by atoms with van der Waals surface area (Å²) in [6.45, 7) is 6.68. The van der Waals surface area contributed by atoms with Gasteiger partial charge in [0, 0.05) is 29.3 Å². The maximum absolute atomic E-state index is 12.4. The molecule has 0 aliphatic carbocycles. The normalized spacial score (nSPS) is 10.6. The van der Waals surface area contributed by atoms with E-state index >= 15 is 0 Å². The second-order valence-electron chi connectivity index (χ2n) is 6.75. The van der Waals surface area contributed by atoms with Gasteiger partial charge in [-0.2, -0.15) is 0 Å². The summed E-state index contributed by atoms with van der Waals surface area (Å²) in [5.41, 5.74) is 6.37. The van der Waals surface area contributed by atoms with Gasteiger partial charge in [0.05, 0.1) is 7.11 Å². The van der Waals surface area contributed by atoms with Crippen LogP contribution < -0.4 is 15.4 Å². The van der Waals surface area contributed by atoms with Crippen molar-refractivity contribution < 1.29 is 9.53 Å². The average Bonchev–Trinajstić information content (AvgIpc) is 3.00. The zero-order chi connectivity index (χ0) is 20.1. The molecular formula is C23H27N3O2. The van der Waals surface area contributed by atoms with Crippen molar-refractivity contribution >= 4 is 11.7 Å². The van der Waals surface area contributed by atoms with Crippen LogP contribution in [0.25, 0.3) is 5.69 Å². The smallest absolute Gasteiger partial charge is 0.319 e. The summed E-state index contributed by atoms with van der Waals surface area (Å²) < 4.78 is 7.42. The number of nitrogens with one attached hydrogen (secondary N) is 2. The Kier molecular flexibility index (Phi) is 6.04. The molecule has 3 rings (SSSR count). The van der Waals surface area contributed by atoms with Crippen LogP contribution in [-0.2, 0) is 13.0 Å².